The molecule has 0 unspecified atom stereocenters. The molecule has 4 nitrogen and oxygen atoms in total. The van der Waals surface area contributed by atoms with E-state index in [0.29, 0.717) is 16.8 Å². The SMILES string of the molecule is O=C(c1ccccc1)c1ccc(N[SH](=O)=O)cc1. The predicted molar refractivity (Wildman–Crippen MR) is 70.3 cm³/mol. The number of ketones is 1. The lowest BCUT2D eigenvalue weighted by Gasteiger charge is -2.02. The van der Waals surface area contributed by atoms with Crippen molar-refractivity contribution in [1.29, 1.82) is 0 Å². The van der Waals surface area contributed by atoms with E-state index in [4.69, 9.17) is 0 Å². The molecule has 0 fully saturated rings. The number of thiol groups is 1. The standard InChI is InChI=1S/C13H11NO3S/c15-13(10-4-2-1-3-5-10)11-6-8-12(9-7-11)14-18(16)17/h1-9,18H,(H,14,16,17). The second kappa shape index (κ2) is 5.46. The average molecular weight is 261 g/mol. The summed E-state index contributed by atoms with van der Waals surface area (Å²) in [6.07, 6.45) is 0. The van der Waals surface area contributed by atoms with E-state index in [0.717, 1.165) is 0 Å². The van der Waals surface area contributed by atoms with Crippen molar-refractivity contribution in [2.45, 2.75) is 0 Å². The molecule has 0 bridgehead atoms. The van der Waals surface area contributed by atoms with Crippen molar-refractivity contribution < 1.29 is 13.2 Å². The maximum atomic E-state index is 12.0. The Bertz CT molecular complexity index is 610. The van der Waals surface area contributed by atoms with E-state index in [-0.39, 0.29) is 5.78 Å². The van der Waals surface area contributed by atoms with E-state index < -0.39 is 10.9 Å². The average Bonchev–Trinajstić information content (AvgIpc) is 2.39. The molecule has 0 aliphatic heterocycles. The third kappa shape index (κ3) is 2.95. The fraction of sp³-hybridized carbons (Fsp3) is 0. The van der Waals surface area contributed by atoms with Crippen molar-refractivity contribution in [3.63, 3.8) is 0 Å². The van der Waals surface area contributed by atoms with E-state index in [2.05, 4.69) is 4.72 Å². The molecule has 0 heterocycles. The normalized spacial score (nSPS) is 10.3. The largest absolute Gasteiger partial charge is 0.289 e. The second-order valence-electron chi connectivity index (χ2n) is 3.64. The number of carbonyl (C=O) groups excluding carboxylic acids is 1. The van der Waals surface area contributed by atoms with Crippen LogP contribution in [0.4, 0.5) is 5.69 Å². The molecule has 2 rings (SSSR count). The monoisotopic (exact) mass is 261 g/mol. The molecule has 0 amide bonds. The minimum absolute atomic E-state index is 0.0892. The van der Waals surface area contributed by atoms with Crippen molar-refractivity contribution in [3.8, 4) is 0 Å². The number of nitrogens with one attached hydrogen (secondary N) is 1. The fourth-order valence-corrected chi connectivity index (χ4v) is 1.92. The van der Waals surface area contributed by atoms with E-state index in [1.807, 2.05) is 6.07 Å². The third-order valence-corrected chi connectivity index (χ3v) is 2.84. The Morgan fingerprint density at radius 1 is 0.833 bits per heavy atom. The predicted octanol–water partition coefficient (Wildman–Crippen LogP) is 1.86. The first kappa shape index (κ1) is 12.3. The molecule has 92 valence electrons. The summed E-state index contributed by atoms with van der Waals surface area (Å²) < 4.78 is 23.2. The molecule has 0 spiro atoms. The van der Waals surface area contributed by atoms with Crippen LogP contribution in [-0.4, -0.2) is 14.2 Å². The summed E-state index contributed by atoms with van der Waals surface area (Å²) in [6, 6.07) is 15.2. The molecule has 18 heavy (non-hydrogen) atoms. The minimum atomic E-state index is -2.68. The summed E-state index contributed by atoms with van der Waals surface area (Å²) >= 11 is 0. The van der Waals surface area contributed by atoms with Gasteiger partial charge in [-0.15, -0.1) is 0 Å². The zero-order valence-electron chi connectivity index (χ0n) is 9.37. The van der Waals surface area contributed by atoms with Gasteiger partial charge in [-0.2, -0.15) is 0 Å². The summed E-state index contributed by atoms with van der Waals surface area (Å²) in [7, 11) is -2.68. The molecular formula is C13H11NO3S. The van der Waals surface area contributed by atoms with E-state index in [1.54, 1.807) is 48.5 Å². The molecular weight excluding hydrogens is 250 g/mol. The van der Waals surface area contributed by atoms with Gasteiger partial charge in [0, 0.05) is 16.8 Å². The highest BCUT2D eigenvalue weighted by Gasteiger charge is 2.07. The van der Waals surface area contributed by atoms with Gasteiger partial charge in [0.15, 0.2) is 5.78 Å². The highest BCUT2D eigenvalue weighted by atomic mass is 32.2. The summed E-state index contributed by atoms with van der Waals surface area (Å²) in [5.74, 6) is -0.0892. The quantitative estimate of drug-likeness (QED) is 0.652. The lowest BCUT2D eigenvalue weighted by atomic mass is 10.0. The zero-order chi connectivity index (χ0) is 13.0. The molecule has 0 aliphatic carbocycles. The Kier molecular flexibility index (Phi) is 3.74. The number of benzene rings is 2. The van der Waals surface area contributed by atoms with Gasteiger partial charge in [-0.25, -0.2) is 8.42 Å². The van der Waals surface area contributed by atoms with Crippen LogP contribution in [0.15, 0.2) is 54.6 Å². The van der Waals surface area contributed by atoms with Crippen LogP contribution in [0, 0.1) is 0 Å². The number of rotatable bonds is 4. The fourth-order valence-electron chi connectivity index (χ4n) is 1.56. The van der Waals surface area contributed by atoms with E-state index >= 15 is 0 Å². The van der Waals surface area contributed by atoms with Gasteiger partial charge >= 0.3 is 0 Å². The molecule has 0 radical (unpaired) electrons. The smallest absolute Gasteiger partial charge is 0.222 e. The van der Waals surface area contributed by atoms with Crippen molar-refractivity contribution in [3.05, 3.63) is 65.7 Å². The number of anilines is 1. The molecule has 1 N–H and O–H groups in total. The van der Waals surface area contributed by atoms with Crippen LogP contribution in [0.25, 0.3) is 0 Å². The molecule has 2 aromatic rings. The minimum Gasteiger partial charge on any atom is -0.289 e. The van der Waals surface area contributed by atoms with Crippen molar-refractivity contribution in [1.82, 2.24) is 0 Å². The van der Waals surface area contributed by atoms with Crippen LogP contribution >= 0.6 is 0 Å². The molecule has 2 aromatic carbocycles. The van der Waals surface area contributed by atoms with Gasteiger partial charge in [0.1, 0.15) is 0 Å². The summed E-state index contributed by atoms with van der Waals surface area (Å²) in [5, 5.41) is 0. The van der Waals surface area contributed by atoms with Gasteiger partial charge in [-0.1, -0.05) is 30.3 Å². The van der Waals surface area contributed by atoms with E-state index in [1.165, 1.54) is 0 Å². The molecule has 5 heteroatoms. The Labute approximate surface area is 106 Å². The molecule has 0 aliphatic rings. The first-order valence-electron chi connectivity index (χ1n) is 5.27. The Morgan fingerprint density at radius 2 is 1.39 bits per heavy atom. The lowest BCUT2D eigenvalue weighted by Crippen LogP contribution is -2.01. The highest BCUT2D eigenvalue weighted by Crippen LogP contribution is 2.13. The summed E-state index contributed by atoms with van der Waals surface area (Å²) in [6.45, 7) is 0. The number of carbonyl (C=O) groups is 1. The van der Waals surface area contributed by atoms with Crippen molar-refractivity contribution in [2.24, 2.45) is 0 Å². The Morgan fingerprint density at radius 3 is 1.94 bits per heavy atom. The van der Waals surface area contributed by atoms with Crippen molar-refractivity contribution in [2.75, 3.05) is 4.72 Å². The highest BCUT2D eigenvalue weighted by molar-refractivity contribution is 7.73. The first-order valence-corrected chi connectivity index (χ1v) is 6.45. The van der Waals surface area contributed by atoms with Gasteiger partial charge in [-0.05, 0) is 24.3 Å². The first-order chi connectivity index (χ1) is 8.66. The van der Waals surface area contributed by atoms with Crippen LogP contribution in [0.2, 0.25) is 0 Å². The molecule has 0 aromatic heterocycles. The second-order valence-corrected chi connectivity index (χ2v) is 4.38. The molecule has 0 saturated heterocycles. The number of hydrogen-bond acceptors (Lipinski definition) is 3. The van der Waals surface area contributed by atoms with E-state index in [9.17, 15) is 13.2 Å². The van der Waals surface area contributed by atoms with Gasteiger partial charge in [0.05, 0.1) is 0 Å². The third-order valence-electron chi connectivity index (χ3n) is 2.40. The Hall–Kier alpha value is -2.14. The summed E-state index contributed by atoms with van der Waals surface area (Å²) in [5.41, 5.74) is 1.57. The van der Waals surface area contributed by atoms with Gasteiger partial charge in [-0.3, -0.25) is 9.52 Å². The maximum absolute atomic E-state index is 12.0. The summed E-state index contributed by atoms with van der Waals surface area (Å²) in [4.78, 5) is 12.0. The topological polar surface area (TPSA) is 63.2 Å². The number of hydrogen-bond donors (Lipinski definition) is 2. The Balaban J connectivity index is 2.22. The van der Waals surface area contributed by atoms with Crippen LogP contribution < -0.4 is 4.72 Å². The lowest BCUT2D eigenvalue weighted by molar-refractivity contribution is 0.103. The van der Waals surface area contributed by atoms with Crippen LogP contribution in [0.1, 0.15) is 15.9 Å². The zero-order valence-corrected chi connectivity index (χ0v) is 10.3. The van der Waals surface area contributed by atoms with Gasteiger partial charge in [0.25, 0.3) is 0 Å². The molecule has 0 atom stereocenters. The maximum Gasteiger partial charge on any atom is 0.222 e. The van der Waals surface area contributed by atoms with Gasteiger partial charge < -0.3 is 0 Å². The van der Waals surface area contributed by atoms with Crippen LogP contribution in [0.3, 0.4) is 0 Å². The van der Waals surface area contributed by atoms with Gasteiger partial charge in [0.2, 0.25) is 10.9 Å². The molecule has 0 saturated carbocycles. The van der Waals surface area contributed by atoms with Crippen molar-refractivity contribution >= 4 is 22.4 Å². The van der Waals surface area contributed by atoms with Crippen LogP contribution in [0.5, 0.6) is 0 Å². The van der Waals surface area contributed by atoms with Crippen LogP contribution in [-0.2, 0) is 10.9 Å².